The highest BCUT2D eigenvalue weighted by Crippen LogP contribution is 2.23. The van der Waals surface area contributed by atoms with E-state index in [0.29, 0.717) is 0 Å². The van der Waals surface area contributed by atoms with Crippen molar-refractivity contribution < 1.29 is 19.4 Å². The molecule has 0 unspecified atom stereocenters. The molecule has 3 aromatic carbocycles. The van der Waals surface area contributed by atoms with E-state index in [9.17, 15) is 19.3 Å². The summed E-state index contributed by atoms with van der Waals surface area (Å²) < 4.78 is 13.8. The van der Waals surface area contributed by atoms with Crippen molar-refractivity contribution in [2.75, 3.05) is 11.9 Å². The van der Waals surface area contributed by atoms with E-state index < -0.39 is 4.92 Å². The zero-order valence-electron chi connectivity index (χ0n) is 16.5. The van der Waals surface area contributed by atoms with Crippen LogP contribution < -0.4 is 10.6 Å². The highest BCUT2D eigenvalue weighted by Gasteiger charge is 2.21. The smallest absolute Gasteiger partial charge is 0.292 e. The largest absolute Gasteiger partial charge is 0.328 e. The third kappa shape index (κ3) is 5.27. The number of rotatable bonds is 8. The lowest BCUT2D eigenvalue weighted by molar-refractivity contribution is -0.676. The second-order valence-electron chi connectivity index (χ2n) is 6.89. The number of carbonyl (C=O) groups is 1. The molecule has 7 heteroatoms. The number of anilines is 1. The average Bonchev–Trinajstić information content (AvgIpc) is 2.74. The van der Waals surface area contributed by atoms with Crippen molar-refractivity contribution in [1.29, 1.82) is 0 Å². The summed E-state index contributed by atoms with van der Waals surface area (Å²) in [5.41, 5.74) is 2.85. The molecule has 0 spiro atoms. The molecular formula is C23H23FN3O3+. The summed E-state index contributed by atoms with van der Waals surface area (Å²) in [6.45, 7) is 2.08. The Morgan fingerprint density at radius 3 is 2.47 bits per heavy atom. The van der Waals surface area contributed by atoms with Crippen LogP contribution in [0.15, 0.2) is 72.8 Å². The van der Waals surface area contributed by atoms with Crippen LogP contribution in [0.3, 0.4) is 0 Å². The third-order valence-corrected chi connectivity index (χ3v) is 4.87. The summed E-state index contributed by atoms with van der Waals surface area (Å²) in [7, 11) is 0. The number of nitrogens with two attached hydrogens (primary N) is 1. The summed E-state index contributed by atoms with van der Waals surface area (Å²) in [4.78, 5) is 23.1. The third-order valence-electron chi connectivity index (χ3n) is 4.87. The summed E-state index contributed by atoms with van der Waals surface area (Å²) >= 11 is 0. The summed E-state index contributed by atoms with van der Waals surface area (Å²) in [6, 6.07) is 20.0. The number of hydrogen-bond acceptors (Lipinski definition) is 3. The minimum Gasteiger partial charge on any atom is -0.328 e. The maximum atomic E-state index is 13.8. The molecule has 0 bridgehead atoms. The van der Waals surface area contributed by atoms with Crippen LogP contribution in [-0.4, -0.2) is 17.4 Å². The van der Waals surface area contributed by atoms with Crippen LogP contribution in [0.5, 0.6) is 0 Å². The first-order valence-corrected chi connectivity index (χ1v) is 9.69. The predicted octanol–water partition coefficient (Wildman–Crippen LogP) is 3.59. The van der Waals surface area contributed by atoms with E-state index in [2.05, 4.69) is 12.2 Å². The van der Waals surface area contributed by atoms with Crippen molar-refractivity contribution >= 4 is 17.3 Å². The molecular weight excluding hydrogens is 385 g/mol. The number of nitro groups is 1. The minimum atomic E-state index is -0.538. The van der Waals surface area contributed by atoms with Gasteiger partial charge in [0.05, 0.1) is 4.92 Å². The first-order valence-electron chi connectivity index (χ1n) is 9.69. The van der Waals surface area contributed by atoms with E-state index in [1.165, 1.54) is 29.8 Å². The molecule has 154 valence electrons. The molecule has 3 N–H and O–H groups in total. The average molecular weight is 408 g/mol. The van der Waals surface area contributed by atoms with Gasteiger partial charge < -0.3 is 10.6 Å². The van der Waals surface area contributed by atoms with E-state index in [0.717, 1.165) is 17.5 Å². The number of hydrogen-bond donors (Lipinski definition) is 2. The molecule has 6 nitrogen and oxygen atoms in total. The Hall–Kier alpha value is -3.58. The Morgan fingerprint density at radius 1 is 1.07 bits per heavy atom. The number of halogens is 1. The van der Waals surface area contributed by atoms with E-state index in [4.69, 9.17) is 0 Å². The fourth-order valence-electron chi connectivity index (χ4n) is 3.29. The van der Waals surface area contributed by atoms with Gasteiger partial charge in [-0.15, -0.1) is 0 Å². The molecule has 0 aliphatic rings. The number of benzene rings is 3. The molecule has 3 rings (SSSR count). The number of nitrogens with zero attached hydrogens (tertiary/aromatic N) is 1. The van der Waals surface area contributed by atoms with Crippen LogP contribution >= 0.6 is 0 Å². The number of quaternary nitrogens is 1. The maximum Gasteiger partial charge on any atom is 0.292 e. The molecule has 1 atom stereocenters. The summed E-state index contributed by atoms with van der Waals surface area (Å²) in [6.07, 6.45) is 0.910. The number of nitrogens with one attached hydrogen (secondary N) is 1. The van der Waals surface area contributed by atoms with Crippen molar-refractivity contribution in [2.45, 2.75) is 19.4 Å². The van der Waals surface area contributed by atoms with Crippen molar-refractivity contribution in [2.24, 2.45) is 0 Å². The van der Waals surface area contributed by atoms with Crippen LogP contribution in [-0.2, 0) is 11.2 Å². The van der Waals surface area contributed by atoms with Gasteiger partial charge in [0.15, 0.2) is 6.54 Å². The van der Waals surface area contributed by atoms with Gasteiger partial charge in [0.2, 0.25) is 0 Å². The highest BCUT2D eigenvalue weighted by atomic mass is 19.1. The first kappa shape index (κ1) is 21.1. The molecule has 0 saturated heterocycles. The molecule has 0 aromatic heterocycles. The van der Waals surface area contributed by atoms with Gasteiger partial charge in [-0.3, -0.25) is 14.9 Å². The summed E-state index contributed by atoms with van der Waals surface area (Å²) in [5.74, 6) is -0.726. The molecule has 0 aliphatic carbocycles. The first-order chi connectivity index (χ1) is 14.5. The van der Waals surface area contributed by atoms with Crippen LogP contribution in [0.1, 0.15) is 29.7 Å². The number of amides is 1. The molecule has 1 amide bonds. The summed E-state index contributed by atoms with van der Waals surface area (Å²) in [5, 5.41) is 15.5. The Kier molecular flexibility index (Phi) is 6.87. The predicted molar refractivity (Wildman–Crippen MR) is 113 cm³/mol. The zero-order valence-corrected chi connectivity index (χ0v) is 16.5. The minimum absolute atomic E-state index is 0.0166. The molecule has 30 heavy (non-hydrogen) atoms. The van der Waals surface area contributed by atoms with Gasteiger partial charge in [-0.25, -0.2) is 4.39 Å². The molecule has 0 fully saturated rings. The van der Waals surface area contributed by atoms with E-state index >= 15 is 0 Å². The fraction of sp³-hybridized carbons (Fsp3) is 0.174. The lowest BCUT2D eigenvalue weighted by atomic mass is 9.97. The van der Waals surface area contributed by atoms with Gasteiger partial charge >= 0.3 is 0 Å². The quantitative estimate of drug-likeness (QED) is 0.441. The Balaban J connectivity index is 1.78. The highest BCUT2D eigenvalue weighted by molar-refractivity contribution is 5.93. The second-order valence-corrected chi connectivity index (χ2v) is 6.89. The Morgan fingerprint density at radius 2 is 1.80 bits per heavy atom. The lowest BCUT2D eigenvalue weighted by Crippen LogP contribution is -2.87. The Bertz CT molecular complexity index is 1040. The van der Waals surface area contributed by atoms with Crippen LogP contribution in [0.25, 0.3) is 0 Å². The second kappa shape index (κ2) is 9.76. The zero-order chi connectivity index (χ0) is 21.5. The number of aryl methyl sites for hydroxylation is 1. The van der Waals surface area contributed by atoms with Crippen molar-refractivity contribution in [1.82, 2.24) is 0 Å². The van der Waals surface area contributed by atoms with Crippen LogP contribution in [0.4, 0.5) is 15.8 Å². The monoisotopic (exact) mass is 408 g/mol. The lowest BCUT2D eigenvalue weighted by Gasteiger charge is -2.17. The topological polar surface area (TPSA) is 88.8 Å². The Labute approximate surface area is 173 Å². The number of carbonyl (C=O) groups excluding carboxylic acids is 1. The number of para-hydroxylation sites is 2. The number of nitro benzene ring substituents is 1. The fourth-order valence-corrected chi connectivity index (χ4v) is 3.29. The van der Waals surface area contributed by atoms with Crippen molar-refractivity contribution in [3.05, 3.63) is 105 Å². The molecule has 3 aromatic rings. The molecule has 0 saturated carbocycles. The van der Waals surface area contributed by atoms with Gasteiger partial charge in [0, 0.05) is 17.2 Å². The normalized spacial score (nSPS) is 11.7. The van der Waals surface area contributed by atoms with Crippen LogP contribution in [0.2, 0.25) is 0 Å². The molecule has 0 aliphatic heterocycles. The van der Waals surface area contributed by atoms with Gasteiger partial charge in [-0.1, -0.05) is 55.5 Å². The molecule has 0 radical (unpaired) electrons. The SMILES string of the molecule is CCc1ccc([C@@H]([NH2+]CC(=O)Nc2ccccc2[N+](=O)[O-])c2cccc(F)c2)cc1. The van der Waals surface area contributed by atoms with Gasteiger partial charge in [0.25, 0.3) is 11.6 Å². The van der Waals surface area contributed by atoms with Crippen LogP contribution in [0, 0.1) is 15.9 Å². The van der Waals surface area contributed by atoms with E-state index in [1.54, 1.807) is 23.5 Å². The van der Waals surface area contributed by atoms with Gasteiger partial charge in [-0.2, -0.15) is 0 Å². The van der Waals surface area contributed by atoms with E-state index in [1.807, 2.05) is 30.3 Å². The van der Waals surface area contributed by atoms with Crippen molar-refractivity contribution in [3.8, 4) is 0 Å². The van der Waals surface area contributed by atoms with Gasteiger partial charge in [-0.05, 0) is 30.2 Å². The van der Waals surface area contributed by atoms with Gasteiger partial charge in [0.1, 0.15) is 17.5 Å². The van der Waals surface area contributed by atoms with Crippen molar-refractivity contribution in [3.63, 3.8) is 0 Å². The van der Waals surface area contributed by atoms with E-state index in [-0.39, 0.29) is 35.7 Å². The maximum absolute atomic E-state index is 13.8. The molecule has 0 heterocycles. The standard InChI is InChI=1S/C23H22FN3O3/c1-2-16-10-12-17(13-11-16)23(18-6-5-7-19(24)14-18)25-15-22(28)26-20-8-3-4-9-21(20)27(29)30/h3-14,23,25H,2,15H2,1H3,(H,26,28)/p+1/t23-/m1/s1.